The molecule has 2 rings (SSSR count). The summed E-state index contributed by atoms with van der Waals surface area (Å²) in [4.78, 5) is 10.2. The van der Waals surface area contributed by atoms with E-state index in [1.807, 2.05) is 0 Å². The van der Waals surface area contributed by atoms with E-state index in [-0.39, 0.29) is 18.2 Å². The first-order valence-electron chi connectivity index (χ1n) is 5.73. The molecular formula is C12H12BrN3O3. The highest BCUT2D eigenvalue weighted by Gasteiger charge is 2.43. The van der Waals surface area contributed by atoms with E-state index in [2.05, 4.69) is 22.0 Å². The second kappa shape index (κ2) is 5.15. The predicted octanol–water partition coefficient (Wildman–Crippen LogP) is 2.37. The summed E-state index contributed by atoms with van der Waals surface area (Å²) < 4.78 is 6.08. The van der Waals surface area contributed by atoms with Crippen LogP contribution < -0.4 is 10.5 Å². The van der Waals surface area contributed by atoms with E-state index >= 15 is 0 Å². The minimum atomic E-state index is -1.02. The Hall–Kier alpha value is -1.65. The van der Waals surface area contributed by atoms with Crippen LogP contribution in [-0.2, 0) is 0 Å². The fourth-order valence-electron chi connectivity index (χ4n) is 1.75. The lowest BCUT2D eigenvalue weighted by molar-refractivity contribution is -0.385. The molecule has 100 valence electrons. The first-order valence-corrected chi connectivity index (χ1v) is 6.52. The highest BCUT2D eigenvalue weighted by Crippen LogP contribution is 2.39. The maximum absolute atomic E-state index is 10.7. The van der Waals surface area contributed by atoms with Crippen LogP contribution in [0.25, 0.3) is 0 Å². The number of hydrogen-bond donors (Lipinski definition) is 1. The van der Waals surface area contributed by atoms with Gasteiger partial charge in [-0.3, -0.25) is 10.1 Å². The van der Waals surface area contributed by atoms with E-state index in [0.717, 1.165) is 12.8 Å². The number of non-ortho nitro benzene ring substituents is 1. The van der Waals surface area contributed by atoms with Crippen molar-refractivity contribution in [2.45, 2.75) is 18.4 Å². The van der Waals surface area contributed by atoms with E-state index in [0.29, 0.717) is 10.2 Å². The average molecular weight is 326 g/mol. The lowest BCUT2D eigenvalue weighted by Gasteiger charge is -2.21. The maximum Gasteiger partial charge on any atom is 0.273 e. The van der Waals surface area contributed by atoms with Crippen molar-refractivity contribution < 1.29 is 9.66 Å². The normalized spacial score (nSPS) is 17.3. The largest absolute Gasteiger partial charge is 0.489 e. The zero-order chi connectivity index (χ0) is 14.0. The zero-order valence-electron chi connectivity index (χ0n) is 10.0. The van der Waals surface area contributed by atoms with Gasteiger partial charge in [0.2, 0.25) is 0 Å². The Morgan fingerprint density at radius 1 is 1.63 bits per heavy atom. The number of nitriles is 1. The summed E-state index contributed by atoms with van der Waals surface area (Å²) in [5.41, 5.74) is 4.87. The van der Waals surface area contributed by atoms with E-state index in [4.69, 9.17) is 15.7 Å². The van der Waals surface area contributed by atoms with Crippen molar-refractivity contribution in [1.82, 2.24) is 0 Å². The second-order valence-corrected chi connectivity index (χ2v) is 5.44. The average Bonchev–Trinajstić information content (AvgIpc) is 3.21. The Kier molecular flexibility index (Phi) is 3.73. The van der Waals surface area contributed by atoms with Gasteiger partial charge in [0.1, 0.15) is 17.9 Å². The summed E-state index contributed by atoms with van der Waals surface area (Å²) in [5.74, 6) is 0.467. The Balaban J connectivity index is 2.13. The molecule has 1 fully saturated rings. The smallest absolute Gasteiger partial charge is 0.273 e. The van der Waals surface area contributed by atoms with E-state index in [1.165, 1.54) is 18.2 Å². The van der Waals surface area contributed by atoms with Gasteiger partial charge in [0.25, 0.3) is 5.69 Å². The molecule has 7 heteroatoms. The number of benzene rings is 1. The molecule has 1 aliphatic carbocycles. The second-order valence-electron chi connectivity index (χ2n) is 4.59. The monoisotopic (exact) mass is 325 g/mol. The lowest BCUT2D eigenvalue weighted by atomic mass is 9.98. The van der Waals surface area contributed by atoms with Crippen LogP contribution in [0.5, 0.6) is 5.75 Å². The van der Waals surface area contributed by atoms with Crippen LogP contribution in [-0.4, -0.2) is 17.1 Å². The van der Waals surface area contributed by atoms with Gasteiger partial charge in [-0.25, -0.2) is 0 Å². The molecule has 0 aliphatic heterocycles. The molecule has 1 saturated carbocycles. The van der Waals surface area contributed by atoms with Gasteiger partial charge in [-0.15, -0.1) is 0 Å². The summed E-state index contributed by atoms with van der Waals surface area (Å²) >= 11 is 3.25. The molecule has 1 unspecified atom stereocenters. The number of ether oxygens (including phenoxy) is 1. The molecule has 0 aromatic heterocycles. The minimum absolute atomic E-state index is 0.0218. The molecule has 1 aromatic carbocycles. The summed E-state index contributed by atoms with van der Waals surface area (Å²) in [6.45, 7) is 0.0218. The molecule has 1 aromatic rings. The molecule has 19 heavy (non-hydrogen) atoms. The third-order valence-electron chi connectivity index (χ3n) is 3.11. The van der Waals surface area contributed by atoms with E-state index in [9.17, 15) is 10.1 Å². The highest BCUT2D eigenvalue weighted by atomic mass is 79.9. The Labute approximate surface area is 118 Å². The number of nitrogens with zero attached hydrogens (tertiary/aromatic N) is 2. The molecule has 6 nitrogen and oxygen atoms in total. The first-order chi connectivity index (χ1) is 8.96. The van der Waals surface area contributed by atoms with Gasteiger partial charge in [0, 0.05) is 6.07 Å². The molecule has 1 aliphatic rings. The molecule has 0 amide bonds. The zero-order valence-corrected chi connectivity index (χ0v) is 11.6. The van der Waals surface area contributed by atoms with Crippen molar-refractivity contribution in [3.8, 4) is 11.8 Å². The van der Waals surface area contributed by atoms with Gasteiger partial charge in [-0.1, -0.05) is 0 Å². The number of halogens is 1. The molecule has 2 N–H and O–H groups in total. The van der Waals surface area contributed by atoms with Gasteiger partial charge >= 0.3 is 0 Å². The van der Waals surface area contributed by atoms with Crippen molar-refractivity contribution >= 4 is 21.6 Å². The fourth-order valence-corrected chi connectivity index (χ4v) is 2.11. The number of nitro benzene ring substituents is 1. The van der Waals surface area contributed by atoms with Crippen LogP contribution >= 0.6 is 15.9 Å². The van der Waals surface area contributed by atoms with Gasteiger partial charge in [-0.05, 0) is 40.8 Å². The van der Waals surface area contributed by atoms with Gasteiger partial charge in [-0.2, -0.15) is 5.26 Å². The molecule has 1 atom stereocenters. The van der Waals surface area contributed by atoms with Crippen molar-refractivity contribution in [2.75, 3.05) is 6.61 Å². The fraction of sp³-hybridized carbons (Fsp3) is 0.417. The van der Waals surface area contributed by atoms with Gasteiger partial charge in [0.05, 0.1) is 21.5 Å². The van der Waals surface area contributed by atoms with Gasteiger partial charge < -0.3 is 10.5 Å². The molecule has 0 spiro atoms. The van der Waals surface area contributed by atoms with Crippen LogP contribution in [0.1, 0.15) is 12.8 Å². The first kappa shape index (κ1) is 13.8. The van der Waals surface area contributed by atoms with E-state index in [1.54, 1.807) is 0 Å². The number of nitrogens with two attached hydrogens (primary N) is 1. The number of nitro groups is 1. The van der Waals surface area contributed by atoms with Crippen LogP contribution in [0.3, 0.4) is 0 Å². The third kappa shape index (κ3) is 3.03. The Morgan fingerprint density at radius 2 is 2.32 bits per heavy atom. The summed E-state index contributed by atoms with van der Waals surface area (Å²) in [6.07, 6.45) is 1.84. The maximum atomic E-state index is 10.7. The summed E-state index contributed by atoms with van der Waals surface area (Å²) in [6, 6.07) is 6.30. The third-order valence-corrected chi connectivity index (χ3v) is 3.76. The van der Waals surface area contributed by atoms with Gasteiger partial charge in [0.15, 0.2) is 0 Å². The number of hydrogen-bond acceptors (Lipinski definition) is 5. The van der Waals surface area contributed by atoms with Crippen LogP contribution in [0.2, 0.25) is 0 Å². The van der Waals surface area contributed by atoms with E-state index < -0.39 is 10.5 Å². The van der Waals surface area contributed by atoms with Crippen LogP contribution in [0.15, 0.2) is 22.7 Å². The van der Waals surface area contributed by atoms with Crippen molar-refractivity contribution in [3.63, 3.8) is 0 Å². The quantitative estimate of drug-likeness (QED) is 0.661. The molecule has 0 radical (unpaired) electrons. The highest BCUT2D eigenvalue weighted by molar-refractivity contribution is 9.10. The van der Waals surface area contributed by atoms with Crippen LogP contribution in [0.4, 0.5) is 5.69 Å². The standard InChI is InChI=1S/C12H12BrN3O3/c13-10-4-3-9(16(17)18)5-11(10)19-7-12(15,6-14)8-1-2-8/h3-5,8H,1-2,7,15H2. The predicted molar refractivity (Wildman–Crippen MR) is 71.5 cm³/mol. The SMILES string of the molecule is N#CC(N)(COc1cc([N+](=O)[O-])ccc1Br)C1CC1. The Morgan fingerprint density at radius 3 is 2.84 bits per heavy atom. The lowest BCUT2D eigenvalue weighted by Crippen LogP contribution is -2.46. The summed E-state index contributed by atoms with van der Waals surface area (Å²) in [5, 5.41) is 19.8. The Bertz CT molecular complexity index is 554. The van der Waals surface area contributed by atoms with Crippen molar-refractivity contribution in [2.24, 2.45) is 11.7 Å². The van der Waals surface area contributed by atoms with Crippen LogP contribution in [0, 0.1) is 27.4 Å². The molecular weight excluding hydrogens is 314 g/mol. The summed E-state index contributed by atoms with van der Waals surface area (Å²) in [7, 11) is 0. The minimum Gasteiger partial charge on any atom is -0.489 e. The molecule has 0 saturated heterocycles. The molecule has 0 bridgehead atoms. The number of rotatable bonds is 5. The van der Waals surface area contributed by atoms with Crippen molar-refractivity contribution in [1.29, 1.82) is 5.26 Å². The molecule has 0 heterocycles. The van der Waals surface area contributed by atoms with Crippen molar-refractivity contribution in [3.05, 3.63) is 32.8 Å². The topological polar surface area (TPSA) is 102 Å².